The lowest BCUT2D eigenvalue weighted by Gasteiger charge is -2.30. The third kappa shape index (κ3) is 3.69. The van der Waals surface area contributed by atoms with Crippen molar-refractivity contribution in [2.24, 2.45) is 7.05 Å². The van der Waals surface area contributed by atoms with Gasteiger partial charge in [-0.2, -0.15) is 14.6 Å². The maximum atomic E-state index is 11.7. The summed E-state index contributed by atoms with van der Waals surface area (Å²) in [5.74, 6) is 1.29. The Morgan fingerprint density at radius 2 is 1.86 bits per heavy atom. The quantitative estimate of drug-likeness (QED) is 0.689. The molecule has 0 spiro atoms. The minimum absolute atomic E-state index is 0.0150. The topological polar surface area (TPSA) is 81.2 Å². The number of hydrogen-bond donors (Lipinski definition) is 0. The molecule has 0 amide bonds. The van der Waals surface area contributed by atoms with Crippen molar-refractivity contribution < 1.29 is 0 Å². The number of nitrogens with zero attached hydrogens (tertiary/aromatic N) is 7. The maximum absolute atomic E-state index is 11.7. The normalized spacial score (nSPS) is 16.7. The molecule has 0 aliphatic carbocycles. The molecule has 0 atom stereocenters. The molecule has 4 heterocycles. The van der Waals surface area contributed by atoms with Gasteiger partial charge in [0.15, 0.2) is 11.5 Å². The predicted octanol–water partition coefficient (Wildman–Crippen LogP) is 1.90. The molecular formula is C20H27N7O. The number of likely N-dealkylation sites (tertiary alicyclic amines) is 1. The fourth-order valence-corrected chi connectivity index (χ4v) is 3.63. The first-order chi connectivity index (χ1) is 13.3. The van der Waals surface area contributed by atoms with Crippen LogP contribution in [0.2, 0.25) is 0 Å². The minimum atomic E-state index is -0.206. The lowest BCUT2D eigenvalue weighted by atomic mass is 9.92. The van der Waals surface area contributed by atoms with Crippen molar-refractivity contribution in [3.8, 4) is 0 Å². The van der Waals surface area contributed by atoms with Gasteiger partial charge in [-0.05, 0) is 44.1 Å². The molecule has 8 heteroatoms. The standard InChI is InChI=1S/C20H27N7O/c1-20(2,3)16-5-6-17-22-23-18(27(17)24-16)14-7-11-26(12-8-14)13-15-9-10-25(4)19(28)21-15/h5-6,9-10,14H,7-8,11-13H2,1-4H3. The van der Waals surface area contributed by atoms with Gasteiger partial charge in [0.1, 0.15) is 0 Å². The monoisotopic (exact) mass is 381 g/mol. The van der Waals surface area contributed by atoms with E-state index in [0.29, 0.717) is 12.5 Å². The van der Waals surface area contributed by atoms with Crippen LogP contribution in [0.15, 0.2) is 29.2 Å². The second-order valence-electron chi connectivity index (χ2n) is 8.66. The SMILES string of the molecule is Cn1ccc(CN2CCC(c3nnc4ccc(C(C)(C)C)nn34)CC2)nc1=O. The second kappa shape index (κ2) is 7.09. The number of rotatable bonds is 3. The maximum Gasteiger partial charge on any atom is 0.347 e. The number of hydrogen-bond acceptors (Lipinski definition) is 6. The molecule has 0 unspecified atom stereocenters. The van der Waals surface area contributed by atoms with E-state index in [1.165, 1.54) is 4.57 Å². The van der Waals surface area contributed by atoms with Crippen molar-refractivity contribution in [2.45, 2.75) is 51.5 Å². The van der Waals surface area contributed by atoms with Crippen molar-refractivity contribution >= 4 is 5.65 Å². The van der Waals surface area contributed by atoms with Crippen LogP contribution in [0.4, 0.5) is 0 Å². The number of aromatic nitrogens is 6. The van der Waals surface area contributed by atoms with Gasteiger partial charge in [-0.25, -0.2) is 4.79 Å². The van der Waals surface area contributed by atoms with Crippen LogP contribution in [-0.2, 0) is 19.0 Å². The third-order valence-electron chi connectivity index (χ3n) is 5.43. The van der Waals surface area contributed by atoms with E-state index in [2.05, 4.69) is 40.9 Å². The summed E-state index contributed by atoms with van der Waals surface area (Å²) in [5, 5.41) is 13.6. The van der Waals surface area contributed by atoms with Crippen molar-refractivity contribution in [1.29, 1.82) is 0 Å². The Morgan fingerprint density at radius 3 is 2.54 bits per heavy atom. The molecule has 1 aliphatic rings. The summed E-state index contributed by atoms with van der Waals surface area (Å²) in [7, 11) is 1.71. The highest BCUT2D eigenvalue weighted by Gasteiger charge is 2.26. The molecule has 1 aliphatic heterocycles. The molecule has 0 aromatic carbocycles. The van der Waals surface area contributed by atoms with Crippen LogP contribution in [0.3, 0.4) is 0 Å². The second-order valence-corrected chi connectivity index (χ2v) is 8.66. The Labute approximate surface area is 164 Å². The van der Waals surface area contributed by atoms with Crippen LogP contribution < -0.4 is 5.69 Å². The lowest BCUT2D eigenvalue weighted by Crippen LogP contribution is -2.34. The van der Waals surface area contributed by atoms with Crippen LogP contribution in [0.25, 0.3) is 5.65 Å². The van der Waals surface area contributed by atoms with E-state index in [1.54, 1.807) is 13.2 Å². The highest BCUT2D eigenvalue weighted by molar-refractivity contribution is 5.37. The third-order valence-corrected chi connectivity index (χ3v) is 5.43. The first-order valence-corrected chi connectivity index (χ1v) is 9.79. The van der Waals surface area contributed by atoms with Gasteiger partial charge in [-0.1, -0.05) is 20.8 Å². The zero-order valence-corrected chi connectivity index (χ0v) is 17.0. The Hall–Kier alpha value is -2.61. The smallest absolute Gasteiger partial charge is 0.302 e. The van der Waals surface area contributed by atoms with Gasteiger partial charge >= 0.3 is 5.69 Å². The Bertz CT molecular complexity index is 1040. The molecule has 0 bridgehead atoms. The van der Waals surface area contributed by atoms with Gasteiger partial charge in [-0.15, -0.1) is 10.2 Å². The highest BCUT2D eigenvalue weighted by Crippen LogP contribution is 2.28. The van der Waals surface area contributed by atoms with Crippen LogP contribution in [-0.4, -0.2) is 47.4 Å². The summed E-state index contributed by atoms with van der Waals surface area (Å²) in [6.07, 6.45) is 3.76. The summed E-state index contributed by atoms with van der Waals surface area (Å²) < 4.78 is 3.41. The molecule has 0 saturated carbocycles. The number of aryl methyl sites for hydroxylation is 1. The molecule has 148 valence electrons. The predicted molar refractivity (Wildman–Crippen MR) is 106 cm³/mol. The largest absolute Gasteiger partial charge is 0.347 e. The summed E-state index contributed by atoms with van der Waals surface area (Å²) in [5.41, 5.74) is 2.44. The first kappa shape index (κ1) is 18.7. The highest BCUT2D eigenvalue weighted by atomic mass is 16.1. The molecule has 4 rings (SSSR count). The Balaban J connectivity index is 1.47. The van der Waals surface area contributed by atoms with E-state index in [1.807, 2.05) is 22.7 Å². The molecule has 0 N–H and O–H groups in total. The summed E-state index contributed by atoms with van der Waals surface area (Å²) in [6, 6.07) is 5.95. The molecule has 3 aromatic heterocycles. The van der Waals surface area contributed by atoms with Gasteiger partial charge in [-0.3, -0.25) is 4.90 Å². The van der Waals surface area contributed by atoms with Gasteiger partial charge in [0.25, 0.3) is 0 Å². The van der Waals surface area contributed by atoms with E-state index in [4.69, 9.17) is 5.10 Å². The molecule has 28 heavy (non-hydrogen) atoms. The van der Waals surface area contributed by atoms with E-state index in [0.717, 1.165) is 48.8 Å². The fraction of sp³-hybridized carbons (Fsp3) is 0.550. The number of fused-ring (bicyclic) bond motifs is 1. The van der Waals surface area contributed by atoms with Crippen molar-refractivity contribution in [3.63, 3.8) is 0 Å². The van der Waals surface area contributed by atoms with Gasteiger partial charge in [0, 0.05) is 31.1 Å². The zero-order valence-electron chi connectivity index (χ0n) is 17.0. The van der Waals surface area contributed by atoms with Crippen LogP contribution in [0.1, 0.15) is 56.7 Å². The van der Waals surface area contributed by atoms with Gasteiger partial charge in [0.2, 0.25) is 0 Å². The molecule has 8 nitrogen and oxygen atoms in total. The average molecular weight is 381 g/mol. The van der Waals surface area contributed by atoms with E-state index in [-0.39, 0.29) is 11.1 Å². The van der Waals surface area contributed by atoms with Crippen molar-refractivity contribution in [1.82, 2.24) is 34.3 Å². The summed E-state index contributed by atoms with van der Waals surface area (Å²) >= 11 is 0. The van der Waals surface area contributed by atoms with Gasteiger partial charge in [0.05, 0.1) is 11.4 Å². The van der Waals surface area contributed by atoms with Crippen molar-refractivity contribution in [2.75, 3.05) is 13.1 Å². The van der Waals surface area contributed by atoms with Crippen LogP contribution in [0, 0.1) is 0 Å². The van der Waals surface area contributed by atoms with E-state index in [9.17, 15) is 4.79 Å². The van der Waals surface area contributed by atoms with E-state index < -0.39 is 0 Å². The summed E-state index contributed by atoms with van der Waals surface area (Å²) in [4.78, 5) is 18.2. The fourth-order valence-electron chi connectivity index (χ4n) is 3.63. The Morgan fingerprint density at radius 1 is 1.11 bits per heavy atom. The average Bonchev–Trinajstić information content (AvgIpc) is 3.08. The molecule has 1 fully saturated rings. The number of piperidine rings is 1. The lowest BCUT2D eigenvalue weighted by molar-refractivity contribution is 0.198. The molecule has 0 radical (unpaired) electrons. The first-order valence-electron chi connectivity index (χ1n) is 9.79. The van der Waals surface area contributed by atoms with E-state index >= 15 is 0 Å². The molecule has 3 aromatic rings. The molecular weight excluding hydrogens is 354 g/mol. The minimum Gasteiger partial charge on any atom is -0.302 e. The molecule has 1 saturated heterocycles. The Kier molecular flexibility index (Phi) is 4.74. The van der Waals surface area contributed by atoms with Crippen molar-refractivity contribution in [3.05, 3.63) is 52.1 Å². The van der Waals surface area contributed by atoms with Crippen LogP contribution >= 0.6 is 0 Å². The van der Waals surface area contributed by atoms with Crippen LogP contribution in [0.5, 0.6) is 0 Å². The van der Waals surface area contributed by atoms with Gasteiger partial charge < -0.3 is 4.57 Å². The zero-order chi connectivity index (χ0) is 19.9. The summed E-state index contributed by atoms with van der Waals surface area (Å²) in [6.45, 7) is 9.07.